The van der Waals surface area contributed by atoms with Crippen molar-refractivity contribution < 1.29 is 17.2 Å². The Bertz CT molecular complexity index is 278. The Balaban J connectivity index is 4.27. The maximum Gasteiger partial charge on any atom is 0.350 e. The summed E-state index contributed by atoms with van der Waals surface area (Å²) in [7, 11) is -3.51. The van der Waals surface area contributed by atoms with E-state index < -0.39 is 15.8 Å². The highest BCUT2D eigenvalue weighted by molar-refractivity contribution is 7.89. The molecule has 0 rings (SSSR count). The van der Waals surface area contributed by atoms with E-state index in [-0.39, 0.29) is 18.8 Å². The molecule has 3 N–H and O–H groups in total. The quantitative estimate of drug-likeness (QED) is 0.491. The molecule has 0 saturated carbocycles. The van der Waals surface area contributed by atoms with Crippen LogP contribution in [0.1, 0.15) is 6.42 Å². The second kappa shape index (κ2) is 4.47. The van der Waals surface area contributed by atoms with Crippen molar-refractivity contribution in [2.24, 2.45) is 5.73 Å². The Morgan fingerprint density at radius 3 is 2.38 bits per heavy atom. The minimum absolute atomic E-state index is 0.0531. The molecule has 0 amide bonds. The van der Waals surface area contributed by atoms with Crippen LogP contribution in [0.3, 0.4) is 0 Å². The van der Waals surface area contributed by atoms with Gasteiger partial charge in [0.25, 0.3) is 10.0 Å². The van der Waals surface area contributed by atoms with Crippen LogP contribution < -0.4 is 5.73 Å². The maximum atomic E-state index is 11.9. The van der Waals surface area contributed by atoms with Crippen LogP contribution in [0.25, 0.3) is 0 Å². The van der Waals surface area contributed by atoms with E-state index in [2.05, 4.69) is 0 Å². The first-order valence-electron chi connectivity index (χ1n) is 3.34. The van der Waals surface area contributed by atoms with Gasteiger partial charge in [-0.2, -0.15) is 13.1 Å². The van der Waals surface area contributed by atoms with Gasteiger partial charge in [0, 0.05) is 20.0 Å². The minimum atomic E-state index is -4.52. The van der Waals surface area contributed by atoms with E-state index in [1.807, 2.05) is 0 Å². The second-order valence-electron chi connectivity index (χ2n) is 2.40. The predicted molar refractivity (Wildman–Crippen MR) is 44.1 cm³/mol. The van der Waals surface area contributed by atoms with Crippen molar-refractivity contribution >= 4 is 15.9 Å². The summed E-state index contributed by atoms with van der Waals surface area (Å²) < 4.78 is 45.6. The third kappa shape index (κ3) is 3.64. The molecule has 0 fully saturated rings. The van der Waals surface area contributed by atoms with Gasteiger partial charge in [-0.15, -0.1) is 0 Å². The van der Waals surface area contributed by atoms with Crippen LogP contribution in [0.15, 0.2) is 0 Å². The first-order valence-corrected chi connectivity index (χ1v) is 4.85. The van der Waals surface area contributed by atoms with Crippen LogP contribution in [-0.2, 0) is 10.0 Å². The van der Waals surface area contributed by atoms with Crippen LogP contribution in [0, 0.1) is 5.41 Å². The van der Waals surface area contributed by atoms with Crippen molar-refractivity contribution in [1.82, 2.24) is 4.31 Å². The topological polar surface area (TPSA) is 87.2 Å². The average Bonchev–Trinajstić information content (AvgIpc) is 1.99. The molecule has 78 valence electrons. The molecule has 0 saturated heterocycles. The summed E-state index contributed by atoms with van der Waals surface area (Å²) in [6.45, 7) is -0.206. The normalized spacial score (nSPS) is 12.4. The molecule has 0 spiro atoms. The van der Waals surface area contributed by atoms with Crippen molar-refractivity contribution in [2.75, 3.05) is 13.6 Å². The highest BCUT2D eigenvalue weighted by atomic mass is 32.2. The van der Waals surface area contributed by atoms with Crippen molar-refractivity contribution in [1.29, 1.82) is 5.41 Å². The summed E-state index contributed by atoms with van der Waals surface area (Å²) in [5.74, 6) is -3.67. The zero-order valence-corrected chi connectivity index (χ0v) is 7.81. The number of rotatable bonds is 5. The Morgan fingerprint density at radius 1 is 1.62 bits per heavy atom. The summed E-state index contributed by atoms with van der Waals surface area (Å²) in [6.07, 6.45) is -0.0531. The van der Waals surface area contributed by atoms with Crippen LogP contribution in [0.2, 0.25) is 0 Å². The number of nitrogens with zero attached hydrogens (tertiary/aromatic N) is 1. The molecule has 0 aromatic carbocycles. The summed E-state index contributed by atoms with van der Waals surface area (Å²) in [5.41, 5.74) is 4.93. The van der Waals surface area contributed by atoms with Gasteiger partial charge in [0.15, 0.2) is 0 Å². The fourth-order valence-corrected chi connectivity index (χ4v) is 1.16. The molecule has 0 atom stereocenters. The molecule has 8 heteroatoms. The van der Waals surface area contributed by atoms with Crippen molar-refractivity contribution in [2.45, 2.75) is 12.2 Å². The molecular weight excluding hydrogens is 204 g/mol. The Kier molecular flexibility index (Phi) is 4.21. The molecule has 0 bridgehead atoms. The molecule has 0 aliphatic heterocycles. The number of alkyl halides is 2. The predicted octanol–water partition coefficient (Wildman–Crippen LogP) is -0.203. The lowest BCUT2D eigenvalue weighted by Gasteiger charge is -2.15. The lowest BCUT2D eigenvalue weighted by molar-refractivity contribution is 0.223. The highest BCUT2D eigenvalue weighted by Crippen LogP contribution is 2.09. The number of halogens is 2. The van der Waals surface area contributed by atoms with Gasteiger partial charge in [-0.05, 0) is 0 Å². The first kappa shape index (κ1) is 12.2. The van der Waals surface area contributed by atoms with Crippen molar-refractivity contribution in [3.05, 3.63) is 0 Å². The van der Waals surface area contributed by atoms with E-state index in [1.165, 1.54) is 0 Å². The number of sulfonamides is 1. The zero-order valence-electron chi connectivity index (χ0n) is 7.00. The van der Waals surface area contributed by atoms with E-state index in [4.69, 9.17) is 11.1 Å². The average molecular weight is 215 g/mol. The van der Waals surface area contributed by atoms with E-state index >= 15 is 0 Å². The molecule has 5 nitrogen and oxygen atoms in total. The number of hydrogen-bond donors (Lipinski definition) is 2. The van der Waals surface area contributed by atoms with E-state index in [1.54, 1.807) is 0 Å². The number of hydrogen-bond acceptors (Lipinski definition) is 3. The largest absolute Gasteiger partial charge is 0.388 e. The molecule has 0 aromatic rings. The number of nitrogens with two attached hydrogens (primary N) is 1. The SMILES string of the molecule is CN(CCC(=N)N)S(=O)(=O)C(F)F. The van der Waals surface area contributed by atoms with Gasteiger partial charge in [-0.1, -0.05) is 0 Å². The fraction of sp³-hybridized carbons (Fsp3) is 0.800. The maximum absolute atomic E-state index is 11.9. The van der Waals surface area contributed by atoms with Gasteiger partial charge in [-0.3, -0.25) is 5.41 Å². The molecular formula is C5H11F2N3O2S. The molecule has 0 heterocycles. The third-order valence-electron chi connectivity index (χ3n) is 1.36. The Morgan fingerprint density at radius 2 is 2.08 bits per heavy atom. The van der Waals surface area contributed by atoms with Gasteiger partial charge in [0.1, 0.15) is 0 Å². The standard InChI is InChI=1S/C5H11F2N3O2S/c1-10(3-2-4(8)9)13(11,12)5(6)7/h5H,2-3H2,1H3,(H3,8,9). The van der Waals surface area contributed by atoms with Gasteiger partial charge >= 0.3 is 5.76 Å². The van der Waals surface area contributed by atoms with E-state index in [9.17, 15) is 17.2 Å². The Hall–Kier alpha value is -0.760. The number of nitrogens with one attached hydrogen (secondary N) is 1. The minimum Gasteiger partial charge on any atom is -0.388 e. The van der Waals surface area contributed by atoms with Crippen LogP contribution >= 0.6 is 0 Å². The van der Waals surface area contributed by atoms with Crippen LogP contribution in [0.4, 0.5) is 8.78 Å². The van der Waals surface area contributed by atoms with E-state index in [0.717, 1.165) is 7.05 Å². The molecule has 0 unspecified atom stereocenters. The van der Waals surface area contributed by atoms with Gasteiger partial charge < -0.3 is 5.73 Å². The molecule has 0 aliphatic rings. The van der Waals surface area contributed by atoms with Gasteiger partial charge in [0.2, 0.25) is 0 Å². The lowest BCUT2D eigenvalue weighted by atomic mass is 10.4. The molecule has 13 heavy (non-hydrogen) atoms. The number of amidine groups is 1. The van der Waals surface area contributed by atoms with Gasteiger partial charge in [-0.25, -0.2) is 8.42 Å². The van der Waals surface area contributed by atoms with Crippen molar-refractivity contribution in [3.63, 3.8) is 0 Å². The first-order chi connectivity index (χ1) is 5.78. The summed E-state index contributed by atoms with van der Waals surface area (Å²) in [6, 6.07) is 0. The Labute approximate surface area is 75.1 Å². The fourth-order valence-electron chi connectivity index (χ4n) is 0.541. The highest BCUT2D eigenvalue weighted by Gasteiger charge is 2.28. The molecule has 0 aliphatic carbocycles. The zero-order chi connectivity index (χ0) is 10.6. The van der Waals surface area contributed by atoms with E-state index in [0.29, 0.717) is 4.31 Å². The molecule has 0 radical (unpaired) electrons. The second-order valence-corrected chi connectivity index (χ2v) is 4.41. The lowest BCUT2D eigenvalue weighted by Crippen LogP contribution is -2.34. The summed E-state index contributed by atoms with van der Waals surface area (Å²) >= 11 is 0. The monoisotopic (exact) mass is 215 g/mol. The summed E-state index contributed by atoms with van der Waals surface area (Å²) in [5, 5.41) is 6.77. The van der Waals surface area contributed by atoms with Crippen LogP contribution in [-0.4, -0.2) is 37.9 Å². The van der Waals surface area contributed by atoms with Gasteiger partial charge in [0.05, 0.1) is 5.84 Å². The molecule has 0 aromatic heterocycles. The summed E-state index contributed by atoms with van der Waals surface area (Å²) in [4.78, 5) is 0. The smallest absolute Gasteiger partial charge is 0.350 e. The van der Waals surface area contributed by atoms with Crippen LogP contribution in [0.5, 0.6) is 0 Å². The van der Waals surface area contributed by atoms with Crippen molar-refractivity contribution in [3.8, 4) is 0 Å². The third-order valence-corrected chi connectivity index (χ3v) is 2.86.